The third-order valence-corrected chi connectivity index (χ3v) is 7.85. The molecule has 3 amide bonds. The Labute approximate surface area is 223 Å². The summed E-state index contributed by atoms with van der Waals surface area (Å²) in [5.74, 6) is -0.957. The highest BCUT2D eigenvalue weighted by Crippen LogP contribution is 2.40. The van der Waals surface area contributed by atoms with Crippen molar-refractivity contribution in [3.05, 3.63) is 82.9 Å². The Morgan fingerprint density at radius 2 is 1.76 bits per heavy atom. The molecule has 1 aliphatic rings. The zero-order chi connectivity index (χ0) is 27.2. The number of hydrogen-bond acceptors (Lipinski definition) is 5. The van der Waals surface area contributed by atoms with Gasteiger partial charge in [0.05, 0.1) is 11.9 Å². The fourth-order valence-electron chi connectivity index (χ4n) is 4.44. The van der Waals surface area contributed by atoms with Gasteiger partial charge in [0.25, 0.3) is 5.91 Å². The van der Waals surface area contributed by atoms with E-state index in [1.165, 1.54) is 22.7 Å². The van der Waals surface area contributed by atoms with E-state index in [1.807, 2.05) is 75.4 Å². The van der Waals surface area contributed by atoms with Crippen molar-refractivity contribution in [1.29, 1.82) is 0 Å². The number of carbonyl (C=O) groups is 3. The Kier molecular flexibility index (Phi) is 9.56. The SMILES string of the molecule is CC(C)=CC(=O)N[C@@H](Cc1ccccc1)[C@H](O)C(=O)N1CSC(C)(C)[C@H]1C(=O)NCc1ccccc1C. The Hall–Kier alpha value is -3.10. The second-order valence-electron chi connectivity index (χ2n) is 10.2. The minimum absolute atomic E-state index is 0.268. The number of amides is 3. The fraction of sp³-hybridized carbons (Fsp3) is 0.414. The first kappa shape index (κ1) is 28.5. The Bertz CT molecular complexity index is 1140. The predicted octanol–water partition coefficient (Wildman–Crippen LogP) is 3.35. The maximum atomic E-state index is 13.6. The Morgan fingerprint density at radius 3 is 2.41 bits per heavy atom. The molecule has 2 aromatic rings. The van der Waals surface area contributed by atoms with Gasteiger partial charge < -0.3 is 20.6 Å². The molecule has 3 rings (SSSR count). The number of aryl methyl sites for hydroxylation is 1. The Morgan fingerprint density at radius 1 is 1.11 bits per heavy atom. The first-order valence-electron chi connectivity index (χ1n) is 12.4. The summed E-state index contributed by atoms with van der Waals surface area (Å²) < 4.78 is -0.550. The van der Waals surface area contributed by atoms with Crippen molar-refractivity contribution in [2.45, 2.75) is 70.5 Å². The average molecular weight is 524 g/mol. The minimum atomic E-state index is -1.52. The summed E-state index contributed by atoms with van der Waals surface area (Å²) in [6.45, 7) is 9.79. The largest absolute Gasteiger partial charge is 0.381 e. The van der Waals surface area contributed by atoms with Gasteiger partial charge in [0.2, 0.25) is 11.8 Å². The van der Waals surface area contributed by atoms with Crippen molar-refractivity contribution in [2.75, 3.05) is 5.88 Å². The third-order valence-electron chi connectivity index (χ3n) is 6.47. The monoisotopic (exact) mass is 523 g/mol. The molecule has 0 radical (unpaired) electrons. The van der Waals surface area contributed by atoms with E-state index < -0.39 is 28.8 Å². The molecule has 0 aromatic heterocycles. The minimum Gasteiger partial charge on any atom is -0.381 e. The number of allylic oxidation sites excluding steroid dienone is 1. The topological polar surface area (TPSA) is 98.7 Å². The van der Waals surface area contributed by atoms with Crippen LogP contribution in [0.15, 0.2) is 66.2 Å². The number of nitrogens with one attached hydrogen (secondary N) is 2. The molecule has 0 spiro atoms. The van der Waals surface area contributed by atoms with Crippen molar-refractivity contribution in [3.8, 4) is 0 Å². The van der Waals surface area contributed by atoms with Crippen LogP contribution in [-0.2, 0) is 27.3 Å². The fourth-order valence-corrected chi connectivity index (χ4v) is 5.58. The summed E-state index contributed by atoms with van der Waals surface area (Å²) in [5.41, 5.74) is 3.75. The van der Waals surface area contributed by atoms with E-state index in [0.29, 0.717) is 6.54 Å². The van der Waals surface area contributed by atoms with E-state index in [0.717, 1.165) is 22.3 Å². The second kappa shape index (κ2) is 12.4. The van der Waals surface area contributed by atoms with Gasteiger partial charge in [-0.3, -0.25) is 14.4 Å². The first-order chi connectivity index (χ1) is 17.5. The van der Waals surface area contributed by atoms with Gasteiger partial charge in [-0.1, -0.05) is 60.2 Å². The molecule has 1 heterocycles. The number of aliphatic hydroxyl groups is 1. The lowest BCUT2D eigenvalue weighted by atomic mass is 9.97. The van der Waals surface area contributed by atoms with E-state index in [1.54, 1.807) is 13.8 Å². The summed E-state index contributed by atoms with van der Waals surface area (Å²) in [6, 6.07) is 15.6. The molecular weight excluding hydrogens is 486 g/mol. The molecule has 3 atom stereocenters. The van der Waals surface area contributed by atoms with E-state index in [4.69, 9.17) is 0 Å². The van der Waals surface area contributed by atoms with Crippen LogP contribution in [0.25, 0.3) is 0 Å². The molecule has 0 bridgehead atoms. The number of hydrogen-bond donors (Lipinski definition) is 3. The van der Waals surface area contributed by atoms with Crippen LogP contribution < -0.4 is 10.6 Å². The smallest absolute Gasteiger partial charge is 0.254 e. The lowest BCUT2D eigenvalue weighted by molar-refractivity contribution is -0.147. The molecule has 1 saturated heterocycles. The maximum absolute atomic E-state index is 13.6. The molecule has 1 aliphatic heterocycles. The Balaban J connectivity index is 1.80. The molecule has 198 valence electrons. The number of benzene rings is 2. The molecule has 0 aliphatic carbocycles. The summed E-state index contributed by atoms with van der Waals surface area (Å²) in [6.07, 6.45) is 0.187. The van der Waals surface area contributed by atoms with Gasteiger partial charge in [-0.15, -0.1) is 11.8 Å². The van der Waals surface area contributed by atoms with Gasteiger partial charge in [0.15, 0.2) is 6.10 Å². The molecule has 8 heteroatoms. The van der Waals surface area contributed by atoms with Crippen LogP contribution in [0.1, 0.15) is 44.4 Å². The number of thioether (sulfide) groups is 1. The third kappa shape index (κ3) is 7.46. The van der Waals surface area contributed by atoms with Gasteiger partial charge >= 0.3 is 0 Å². The molecule has 3 N–H and O–H groups in total. The average Bonchev–Trinajstić information content (AvgIpc) is 3.17. The summed E-state index contributed by atoms with van der Waals surface area (Å²) in [7, 11) is 0. The van der Waals surface area contributed by atoms with Gasteiger partial charge in [-0.25, -0.2) is 0 Å². The van der Waals surface area contributed by atoms with Gasteiger partial charge in [0.1, 0.15) is 6.04 Å². The maximum Gasteiger partial charge on any atom is 0.254 e. The zero-order valence-electron chi connectivity index (χ0n) is 22.2. The molecule has 0 saturated carbocycles. The second-order valence-corrected chi connectivity index (χ2v) is 11.8. The molecule has 0 unspecified atom stereocenters. The van der Waals surface area contributed by atoms with E-state index >= 15 is 0 Å². The number of nitrogens with zero attached hydrogens (tertiary/aromatic N) is 1. The standard InChI is InChI=1S/C29H37N3O4S/c1-19(2)15-24(33)31-23(16-21-12-7-6-8-13-21)25(34)28(36)32-18-37-29(4,5)26(32)27(35)30-17-22-14-10-9-11-20(22)3/h6-15,23,25-26,34H,16-18H2,1-5H3,(H,30,35)(H,31,33)/t23-,25-,26+/m0/s1. The zero-order valence-corrected chi connectivity index (χ0v) is 23.0. The van der Waals surface area contributed by atoms with Crippen LogP contribution in [0.4, 0.5) is 0 Å². The van der Waals surface area contributed by atoms with Crippen molar-refractivity contribution in [2.24, 2.45) is 0 Å². The molecule has 37 heavy (non-hydrogen) atoms. The van der Waals surface area contributed by atoms with Crippen molar-refractivity contribution in [3.63, 3.8) is 0 Å². The lowest BCUT2D eigenvalue weighted by Crippen LogP contribution is -2.58. The lowest BCUT2D eigenvalue weighted by Gasteiger charge is -2.33. The van der Waals surface area contributed by atoms with Crippen LogP contribution in [0.2, 0.25) is 0 Å². The molecule has 1 fully saturated rings. The number of rotatable bonds is 9. The van der Waals surface area contributed by atoms with Gasteiger partial charge in [0, 0.05) is 17.4 Å². The van der Waals surface area contributed by atoms with E-state index in [2.05, 4.69) is 10.6 Å². The van der Waals surface area contributed by atoms with Crippen molar-refractivity contribution < 1.29 is 19.5 Å². The first-order valence-corrected chi connectivity index (χ1v) is 13.4. The van der Waals surface area contributed by atoms with Crippen LogP contribution in [-0.4, -0.2) is 56.5 Å². The van der Waals surface area contributed by atoms with Gasteiger partial charge in [-0.05, 0) is 57.7 Å². The highest BCUT2D eigenvalue weighted by molar-refractivity contribution is 8.00. The number of aliphatic hydroxyl groups excluding tert-OH is 1. The van der Waals surface area contributed by atoms with Gasteiger partial charge in [-0.2, -0.15) is 0 Å². The molecule has 2 aromatic carbocycles. The highest BCUT2D eigenvalue weighted by Gasteiger charge is 2.49. The molecule has 7 nitrogen and oxygen atoms in total. The van der Waals surface area contributed by atoms with Crippen LogP contribution in [0.3, 0.4) is 0 Å². The molecular formula is C29H37N3O4S. The van der Waals surface area contributed by atoms with E-state index in [9.17, 15) is 19.5 Å². The van der Waals surface area contributed by atoms with Crippen LogP contribution in [0.5, 0.6) is 0 Å². The summed E-state index contributed by atoms with van der Waals surface area (Å²) in [4.78, 5) is 41.0. The van der Waals surface area contributed by atoms with Crippen LogP contribution >= 0.6 is 11.8 Å². The van der Waals surface area contributed by atoms with Crippen molar-refractivity contribution >= 4 is 29.5 Å². The van der Waals surface area contributed by atoms with Crippen LogP contribution in [0, 0.1) is 6.92 Å². The number of carbonyl (C=O) groups excluding carboxylic acids is 3. The summed E-state index contributed by atoms with van der Waals surface area (Å²) >= 11 is 1.49. The highest BCUT2D eigenvalue weighted by atomic mass is 32.2. The predicted molar refractivity (Wildman–Crippen MR) is 148 cm³/mol. The van der Waals surface area contributed by atoms with Crippen molar-refractivity contribution in [1.82, 2.24) is 15.5 Å². The quantitative estimate of drug-likeness (QED) is 0.438. The van der Waals surface area contributed by atoms with E-state index in [-0.39, 0.29) is 24.1 Å². The summed E-state index contributed by atoms with van der Waals surface area (Å²) in [5, 5.41) is 17.0. The normalized spacial score (nSPS) is 18.0.